The fourth-order valence-corrected chi connectivity index (χ4v) is 1.93. The molecule has 0 spiro atoms. The molecule has 1 aromatic heterocycles. The molecule has 0 unspecified atom stereocenters. The third-order valence-corrected chi connectivity index (χ3v) is 2.94. The molecule has 0 aliphatic carbocycles. The van der Waals surface area contributed by atoms with Gasteiger partial charge >= 0.3 is 0 Å². The summed E-state index contributed by atoms with van der Waals surface area (Å²) in [4.78, 5) is 0. The maximum atomic E-state index is 5.42. The third-order valence-electron chi connectivity index (χ3n) is 2.94. The maximum Gasteiger partial charge on any atom is 0.146 e. The summed E-state index contributed by atoms with van der Waals surface area (Å²) in [6.45, 7) is 3.89. The standard InChI is InChI=1S/C11H20N4O2/c1-16-6-4-15-9-13-14-11(15)7-12-10-3-2-5-17-8-10/h9-10,12H,2-8H2,1H3/t10-/m0/s1. The number of nitrogens with zero attached hydrogens (tertiary/aromatic N) is 3. The van der Waals surface area contributed by atoms with Gasteiger partial charge in [0.2, 0.25) is 0 Å². The molecule has 1 atom stereocenters. The lowest BCUT2D eigenvalue weighted by atomic mass is 10.1. The minimum Gasteiger partial charge on any atom is -0.383 e. The van der Waals surface area contributed by atoms with Gasteiger partial charge in [-0.15, -0.1) is 10.2 Å². The Morgan fingerprint density at radius 3 is 3.35 bits per heavy atom. The molecule has 1 saturated heterocycles. The van der Waals surface area contributed by atoms with Gasteiger partial charge in [-0.3, -0.25) is 0 Å². The second kappa shape index (κ2) is 6.68. The average molecular weight is 240 g/mol. The van der Waals surface area contributed by atoms with Crippen molar-refractivity contribution in [3.05, 3.63) is 12.2 Å². The molecule has 0 bridgehead atoms. The van der Waals surface area contributed by atoms with Crippen LogP contribution in [0, 0.1) is 0 Å². The Bertz CT molecular complexity index is 323. The van der Waals surface area contributed by atoms with Crippen LogP contribution in [0.4, 0.5) is 0 Å². The van der Waals surface area contributed by atoms with Crippen LogP contribution < -0.4 is 5.32 Å². The van der Waals surface area contributed by atoms with Gasteiger partial charge in [-0.05, 0) is 12.8 Å². The van der Waals surface area contributed by atoms with E-state index in [0.29, 0.717) is 12.6 Å². The zero-order valence-corrected chi connectivity index (χ0v) is 10.3. The molecule has 6 heteroatoms. The normalized spacial score (nSPS) is 20.6. The van der Waals surface area contributed by atoms with Crippen LogP contribution in [0.25, 0.3) is 0 Å². The van der Waals surface area contributed by atoms with Crippen LogP contribution in [0.2, 0.25) is 0 Å². The number of hydrogen-bond acceptors (Lipinski definition) is 5. The van der Waals surface area contributed by atoms with E-state index in [1.54, 1.807) is 13.4 Å². The molecular weight excluding hydrogens is 220 g/mol. The van der Waals surface area contributed by atoms with Crippen LogP contribution in [-0.4, -0.2) is 47.7 Å². The van der Waals surface area contributed by atoms with E-state index in [2.05, 4.69) is 15.5 Å². The maximum absolute atomic E-state index is 5.42. The van der Waals surface area contributed by atoms with E-state index >= 15 is 0 Å². The lowest BCUT2D eigenvalue weighted by Crippen LogP contribution is -2.37. The molecule has 1 aromatic rings. The highest BCUT2D eigenvalue weighted by Gasteiger charge is 2.14. The third kappa shape index (κ3) is 3.76. The lowest BCUT2D eigenvalue weighted by Gasteiger charge is -2.23. The van der Waals surface area contributed by atoms with Gasteiger partial charge in [0, 0.05) is 26.3 Å². The molecule has 1 aliphatic rings. The van der Waals surface area contributed by atoms with Gasteiger partial charge in [-0.1, -0.05) is 0 Å². The Balaban J connectivity index is 1.79. The Morgan fingerprint density at radius 2 is 2.59 bits per heavy atom. The molecule has 2 rings (SSSR count). The van der Waals surface area contributed by atoms with E-state index in [1.807, 2.05) is 4.57 Å². The lowest BCUT2D eigenvalue weighted by molar-refractivity contribution is 0.0695. The Labute approximate surface area is 101 Å². The first-order valence-electron chi connectivity index (χ1n) is 6.07. The molecule has 1 fully saturated rings. The van der Waals surface area contributed by atoms with Gasteiger partial charge < -0.3 is 19.4 Å². The predicted molar refractivity (Wildman–Crippen MR) is 62.6 cm³/mol. The summed E-state index contributed by atoms with van der Waals surface area (Å²) >= 11 is 0. The van der Waals surface area contributed by atoms with Crippen LogP contribution in [0.5, 0.6) is 0 Å². The molecule has 0 amide bonds. The average Bonchev–Trinajstić information content (AvgIpc) is 2.82. The first kappa shape index (κ1) is 12.5. The van der Waals surface area contributed by atoms with Crippen molar-refractivity contribution < 1.29 is 9.47 Å². The van der Waals surface area contributed by atoms with E-state index in [1.165, 1.54) is 6.42 Å². The number of nitrogens with one attached hydrogen (secondary N) is 1. The van der Waals surface area contributed by atoms with E-state index in [9.17, 15) is 0 Å². The van der Waals surface area contributed by atoms with Gasteiger partial charge in [-0.25, -0.2) is 0 Å². The van der Waals surface area contributed by atoms with E-state index < -0.39 is 0 Å². The zero-order valence-electron chi connectivity index (χ0n) is 10.3. The molecule has 1 N–H and O–H groups in total. The van der Waals surface area contributed by atoms with Crippen molar-refractivity contribution >= 4 is 0 Å². The summed E-state index contributed by atoms with van der Waals surface area (Å²) in [6, 6.07) is 0.441. The van der Waals surface area contributed by atoms with Gasteiger partial charge in [0.1, 0.15) is 12.2 Å². The van der Waals surface area contributed by atoms with Crippen LogP contribution in [0.15, 0.2) is 6.33 Å². The fraction of sp³-hybridized carbons (Fsp3) is 0.818. The molecular formula is C11H20N4O2. The summed E-state index contributed by atoms with van der Waals surface area (Å²) in [5, 5.41) is 11.5. The van der Waals surface area contributed by atoms with Crippen LogP contribution in [-0.2, 0) is 22.6 Å². The first-order valence-corrected chi connectivity index (χ1v) is 6.07. The highest BCUT2D eigenvalue weighted by molar-refractivity contribution is 4.86. The van der Waals surface area contributed by atoms with Crippen molar-refractivity contribution in [2.75, 3.05) is 26.9 Å². The predicted octanol–water partition coefficient (Wildman–Crippen LogP) is 0.193. The monoisotopic (exact) mass is 240 g/mol. The summed E-state index contributed by atoms with van der Waals surface area (Å²) in [5.74, 6) is 0.952. The van der Waals surface area contributed by atoms with E-state index in [0.717, 1.165) is 38.5 Å². The molecule has 6 nitrogen and oxygen atoms in total. The fourth-order valence-electron chi connectivity index (χ4n) is 1.93. The molecule has 0 aromatic carbocycles. The minimum atomic E-state index is 0.441. The van der Waals surface area contributed by atoms with Crippen molar-refractivity contribution in [3.8, 4) is 0 Å². The smallest absolute Gasteiger partial charge is 0.146 e. The molecule has 0 saturated carbocycles. The minimum absolute atomic E-state index is 0.441. The zero-order chi connectivity index (χ0) is 11.9. The van der Waals surface area contributed by atoms with Gasteiger partial charge in [0.15, 0.2) is 0 Å². The molecule has 17 heavy (non-hydrogen) atoms. The molecule has 2 heterocycles. The number of methoxy groups -OCH3 is 1. The first-order chi connectivity index (χ1) is 8.40. The number of aromatic nitrogens is 3. The van der Waals surface area contributed by atoms with E-state index in [4.69, 9.17) is 9.47 Å². The quantitative estimate of drug-likeness (QED) is 0.769. The Morgan fingerprint density at radius 1 is 1.65 bits per heavy atom. The van der Waals surface area contributed by atoms with Gasteiger partial charge in [0.05, 0.1) is 19.8 Å². The highest BCUT2D eigenvalue weighted by atomic mass is 16.5. The van der Waals surface area contributed by atoms with Crippen molar-refractivity contribution in [2.24, 2.45) is 0 Å². The number of ether oxygens (including phenoxy) is 2. The summed E-state index contributed by atoms with van der Waals surface area (Å²) in [6.07, 6.45) is 4.05. The van der Waals surface area contributed by atoms with Crippen LogP contribution >= 0.6 is 0 Å². The summed E-state index contributed by atoms with van der Waals surface area (Å²) in [7, 11) is 1.70. The van der Waals surface area contributed by atoms with Crippen molar-refractivity contribution in [1.82, 2.24) is 20.1 Å². The number of rotatable bonds is 6. The van der Waals surface area contributed by atoms with Crippen LogP contribution in [0.3, 0.4) is 0 Å². The second-order valence-electron chi connectivity index (χ2n) is 4.23. The largest absolute Gasteiger partial charge is 0.383 e. The Hall–Kier alpha value is -0.980. The second-order valence-corrected chi connectivity index (χ2v) is 4.23. The molecule has 1 aliphatic heterocycles. The Kier molecular flexibility index (Phi) is 4.90. The van der Waals surface area contributed by atoms with Crippen molar-refractivity contribution in [2.45, 2.75) is 32.0 Å². The summed E-state index contributed by atoms with van der Waals surface area (Å²) < 4.78 is 12.5. The topological polar surface area (TPSA) is 61.2 Å². The van der Waals surface area contributed by atoms with Crippen molar-refractivity contribution in [3.63, 3.8) is 0 Å². The summed E-state index contributed by atoms with van der Waals surface area (Å²) in [5.41, 5.74) is 0. The van der Waals surface area contributed by atoms with Crippen molar-refractivity contribution in [1.29, 1.82) is 0 Å². The molecule has 96 valence electrons. The highest BCUT2D eigenvalue weighted by Crippen LogP contribution is 2.06. The van der Waals surface area contributed by atoms with Crippen LogP contribution in [0.1, 0.15) is 18.7 Å². The van der Waals surface area contributed by atoms with Gasteiger partial charge in [-0.2, -0.15) is 0 Å². The number of hydrogen-bond donors (Lipinski definition) is 1. The van der Waals surface area contributed by atoms with Gasteiger partial charge in [0.25, 0.3) is 0 Å². The van der Waals surface area contributed by atoms with E-state index in [-0.39, 0.29) is 0 Å². The SMILES string of the molecule is COCCn1cnnc1CN[C@H]1CCCOC1. The molecule has 0 radical (unpaired) electrons.